The summed E-state index contributed by atoms with van der Waals surface area (Å²) in [7, 11) is 0. The van der Waals surface area contributed by atoms with Gasteiger partial charge in [-0.3, -0.25) is 4.98 Å². The summed E-state index contributed by atoms with van der Waals surface area (Å²) in [6.45, 7) is 3.46. The molecule has 1 fully saturated rings. The normalized spacial score (nSPS) is 15.2. The van der Waals surface area contributed by atoms with Crippen LogP contribution in [0.4, 0.5) is 5.13 Å². The summed E-state index contributed by atoms with van der Waals surface area (Å²) in [5.74, 6) is 0. The topological polar surface area (TPSA) is 38.2 Å². The molecule has 0 N–H and O–H groups in total. The SMILES string of the molecule is Br.c1cc(-c2csc(N3CCOCC3)n2)ccn1. The van der Waals surface area contributed by atoms with Gasteiger partial charge in [-0.2, -0.15) is 0 Å². The summed E-state index contributed by atoms with van der Waals surface area (Å²) in [6.07, 6.45) is 3.59. The van der Waals surface area contributed by atoms with Crippen molar-refractivity contribution in [3.63, 3.8) is 0 Å². The standard InChI is InChI=1S/C12H13N3OS.BrH/c1-3-13-4-2-10(1)11-9-17-12(14-11)15-5-7-16-8-6-15;/h1-4,9H,5-8H2;1H. The van der Waals surface area contributed by atoms with E-state index in [0.29, 0.717) is 0 Å². The van der Waals surface area contributed by atoms with Crippen LogP contribution in [0.15, 0.2) is 29.9 Å². The Morgan fingerprint density at radius 3 is 2.61 bits per heavy atom. The summed E-state index contributed by atoms with van der Waals surface area (Å²) >= 11 is 1.69. The average Bonchev–Trinajstić information content (AvgIpc) is 2.90. The highest BCUT2D eigenvalue weighted by molar-refractivity contribution is 8.93. The van der Waals surface area contributed by atoms with Crippen molar-refractivity contribution < 1.29 is 4.74 Å². The van der Waals surface area contributed by atoms with Crippen LogP contribution in [0.5, 0.6) is 0 Å². The van der Waals surface area contributed by atoms with Crippen LogP contribution in [0.25, 0.3) is 11.3 Å². The van der Waals surface area contributed by atoms with Gasteiger partial charge in [-0.25, -0.2) is 4.98 Å². The van der Waals surface area contributed by atoms with Crippen LogP contribution >= 0.6 is 28.3 Å². The number of hydrogen-bond acceptors (Lipinski definition) is 5. The van der Waals surface area contributed by atoms with Crippen molar-refractivity contribution in [2.24, 2.45) is 0 Å². The largest absolute Gasteiger partial charge is 0.378 e. The molecular formula is C12H14BrN3OS. The molecule has 4 nitrogen and oxygen atoms in total. The summed E-state index contributed by atoms with van der Waals surface area (Å²) in [4.78, 5) is 11.0. The number of thiazole rings is 1. The lowest BCUT2D eigenvalue weighted by molar-refractivity contribution is 0.122. The molecule has 0 radical (unpaired) electrons. The molecule has 0 atom stereocenters. The number of pyridine rings is 1. The van der Waals surface area contributed by atoms with E-state index in [-0.39, 0.29) is 17.0 Å². The lowest BCUT2D eigenvalue weighted by Crippen LogP contribution is -2.36. The molecule has 6 heteroatoms. The predicted molar refractivity (Wildman–Crippen MR) is 78.7 cm³/mol. The lowest BCUT2D eigenvalue weighted by Gasteiger charge is -2.26. The van der Waals surface area contributed by atoms with Crippen molar-refractivity contribution in [2.75, 3.05) is 31.2 Å². The van der Waals surface area contributed by atoms with E-state index in [1.54, 1.807) is 23.7 Å². The molecule has 3 heterocycles. The van der Waals surface area contributed by atoms with Crippen molar-refractivity contribution in [3.8, 4) is 11.3 Å². The number of morpholine rings is 1. The zero-order chi connectivity index (χ0) is 11.5. The third-order valence-corrected chi connectivity index (χ3v) is 3.65. The third kappa shape index (κ3) is 2.88. The van der Waals surface area contributed by atoms with Gasteiger partial charge in [-0.15, -0.1) is 28.3 Å². The Morgan fingerprint density at radius 1 is 1.17 bits per heavy atom. The van der Waals surface area contributed by atoms with Crippen LogP contribution in [0.2, 0.25) is 0 Å². The second-order valence-electron chi connectivity index (χ2n) is 3.85. The molecule has 0 aliphatic carbocycles. The molecule has 0 saturated carbocycles. The van der Waals surface area contributed by atoms with Gasteiger partial charge >= 0.3 is 0 Å². The summed E-state index contributed by atoms with van der Waals surface area (Å²) in [5.41, 5.74) is 2.15. The van der Waals surface area contributed by atoms with Gasteiger partial charge in [-0.1, -0.05) is 0 Å². The molecule has 2 aromatic heterocycles. The minimum atomic E-state index is 0. The van der Waals surface area contributed by atoms with Gasteiger partial charge < -0.3 is 9.64 Å². The first-order valence-corrected chi connectivity index (χ1v) is 6.50. The quantitative estimate of drug-likeness (QED) is 0.849. The van der Waals surface area contributed by atoms with Gasteiger partial charge in [0.2, 0.25) is 0 Å². The van der Waals surface area contributed by atoms with Crippen LogP contribution in [0.3, 0.4) is 0 Å². The molecule has 2 aromatic rings. The molecule has 0 bridgehead atoms. The van der Waals surface area contributed by atoms with E-state index in [1.807, 2.05) is 12.1 Å². The highest BCUT2D eigenvalue weighted by Gasteiger charge is 2.14. The van der Waals surface area contributed by atoms with Gasteiger partial charge in [0.1, 0.15) is 0 Å². The molecule has 0 unspecified atom stereocenters. The lowest BCUT2D eigenvalue weighted by atomic mass is 10.2. The Hall–Kier alpha value is -0.980. The van der Waals surface area contributed by atoms with E-state index < -0.39 is 0 Å². The fourth-order valence-electron chi connectivity index (χ4n) is 1.82. The van der Waals surface area contributed by atoms with Gasteiger partial charge in [0, 0.05) is 36.4 Å². The molecule has 18 heavy (non-hydrogen) atoms. The van der Waals surface area contributed by atoms with Crippen LogP contribution in [-0.4, -0.2) is 36.3 Å². The number of aromatic nitrogens is 2. The van der Waals surface area contributed by atoms with Crippen LogP contribution in [-0.2, 0) is 4.74 Å². The molecular weight excluding hydrogens is 314 g/mol. The number of rotatable bonds is 2. The van der Waals surface area contributed by atoms with Crippen molar-refractivity contribution in [3.05, 3.63) is 29.9 Å². The average molecular weight is 328 g/mol. The fourth-order valence-corrected chi connectivity index (χ4v) is 2.71. The van der Waals surface area contributed by atoms with Crippen molar-refractivity contribution >= 4 is 33.4 Å². The monoisotopic (exact) mass is 327 g/mol. The van der Waals surface area contributed by atoms with E-state index in [2.05, 4.69) is 20.2 Å². The number of nitrogens with zero attached hydrogens (tertiary/aromatic N) is 3. The molecule has 96 valence electrons. The molecule has 1 aliphatic rings. The van der Waals surface area contributed by atoms with Crippen LogP contribution < -0.4 is 4.90 Å². The minimum Gasteiger partial charge on any atom is -0.378 e. The van der Waals surface area contributed by atoms with E-state index in [1.165, 1.54) is 0 Å². The summed E-state index contributed by atoms with van der Waals surface area (Å²) < 4.78 is 5.34. The van der Waals surface area contributed by atoms with Gasteiger partial charge in [0.05, 0.1) is 18.9 Å². The number of hydrogen-bond donors (Lipinski definition) is 0. The predicted octanol–water partition coefficient (Wildman–Crippen LogP) is 2.62. The minimum absolute atomic E-state index is 0. The Bertz CT molecular complexity index is 485. The van der Waals surface area contributed by atoms with Crippen LogP contribution in [0, 0.1) is 0 Å². The Kier molecular flexibility index (Phi) is 4.68. The summed E-state index contributed by atoms with van der Waals surface area (Å²) in [5, 5.41) is 3.18. The van der Waals surface area contributed by atoms with Gasteiger partial charge in [0.25, 0.3) is 0 Å². The van der Waals surface area contributed by atoms with E-state index in [9.17, 15) is 0 Å². The van der Waals surface area contributed by atoms with Crippen LogP contribution in [0.1, 0.15) is 0 Å². The third-order valence-electron chi connectivity index (χ3n) is 2.75. The first-order chi connectivity index (χ1) is 8.43. The highest BCUT2D eigenvalue weighted by Crippen LogP contribution is 2.27. The molecule has 0 spiro atoms. The first-order valence-electron chi connectivity index (χ1n) is 5.62. The van der Waals surface area contributed by atoms with Gasteiger partial charge in [-0.05, 0) is 12.1 Å². The Labute approximate surface area is 120 Å². The highest BCUT2D eigenvalue weighted by atomic mass is 79.9. The zero-order valence-corrected chi connectivity index (χ0v) is 12.3. The molecule has 0 aromatic carbocycles. The zero-order valence-electron chi connectivity index (χ0n) is 9.78. The number of halogens is 1. The smallest absolute Gasteiger partial charge is 0.186 e. The molecule has 3 rings (SSSR count). The fraction of sp³-hybridized carbons (Fsp3) is 0.333. The van der Waals surface area contributed by atoms with E-state index in [4.69, 9.17) is 4.74 Å². The van der Waals surface area contributed by atoms with E-state index in [0.717, 1.165) is 42.7 Å². The summed E-state index contributed by atoms with van der Waals surface area (Å²) in [6, 6.07) is 3.97. The van der Waals surface area contributed by atoms with Crippen molar-refractivity contribution in [1.82, 2.24) is 9.97 Å². The van der Waals surface area contributed by atoms with Gasteiger partial charge in [0.15, 0.2) is 5.13 Å². The number of anilines is 1. The van der Waals surface area contributed by atoms with Crippen molar-refractivity contribution in [2.45, 2.75) is 0 Å². The maximum absolute atomic E-state index is 5.34. The molecule has 1 aliphatic heterocycles. The van der Waals surface area contributed by atoms with Crippen molar-refractivity contribution in [1.29, 1.82) is 0 Å². The Morgan fingerprint density at radius 2 is 1.89 bits per heavy atom. The molecule has 0 amide bonds. The maximum atomic E-state index is 5.34. The molecule has 1 saturated heterocycles. The van der Waals surface area contributed by atoms with E-state index >= 15 is 0 Å². The second kappa shape index (κ2) is 6.26. The Balaban J connectivity index is 0.00000120. The second-order valence-corrected chi connectivity index (χ2v) is 4.69. The first kappa shape index (κ1) is 13.5. The maximum Gasteiger partial charge on any atom is 0.186 e. The number of ether oxygens (including phenoxy) is 1.